The molecule has 0 aromatic carbocycles. The van der Waals surface area contributed by atoms with E-state index in [9.17, 15) is 9.59 Å². The SMILES string of the molecule is C#CCCC1(CCC(=O)N2CCCn3nc(C(=O)OCC)cc32)N=N1. The molecule has 2 aliphatic rings. The number of hydrogen-bond acceptors (Lipinski definition) is 6. The Morgan fingerprint density at radius 3 is 2.84 bits per heavy atom. The van der Waals surface area contributed by atoms with Gasteiger partial charge in [-0.15, -0.1) is 12.3 Å². The van der Waals surface area contributed by atoms with Crippen LogP contribution in [0.5, 0.6) is 0 Å². The molecule has 8 nitrogen and oxygen atoms in total. The minimum Gasteiger partial charge on any atom is -0.461 e. The number of aryl methyl sites for hydroxylation is 1. The Balaban J connectivity index is 1.65. The highest BCUT2D eigenvalue weighted by molar-refractivity contribution is 5.95. The molecular weight excluding hydrogens is 322 g/mol. The van der Waals surface area contributed by atoms with Gasteiger partial charge in [-0.1, -0.05) is 0 Å². The fraction of sp³-hybridized carbons (Fsp3) is 0.588. The van der Waals surface area contributed by atoms with Gasteiger partial charge in [0.25, 0.3) is 0 Å². The molecule has 0 fully saturated rings. The number of amides is 1. The van der Waals surface area contributed by atoms with E-state index in [0.717, 1.165) is 6.42 Å². The Bertz CT molecular complexity index is 740. The van der Waals surface area contributed by atoms with Crippen LogP contribution >= 0.6 is 0 Å². The summed E-state index contributed by atoms with van der Waals surface area (Å²) in [6, 6.07) is 1.62. The number of rotatable bonds is 7. The maximum Gasteiger partial charge on any atom is 0.358 e. The summed E-state index contributed by atoms with van der Waals surface area (Å²) in [6.45, 7) is 3.32. The van der Waals surface area contributed by atoms with E-state index in [1.807, 2.05) is 0 Å². The molecule has 1 aromatic heterocycles. The van der Waals surface area contributed by atoms with Crippen molar-refractivity contribution in [1.29, 1.82) is 0 Å². The third-order valence-electron chi connectivity index (χ3n) is 4.36. The molecule has 1 amide bonds. The first-order valence-corrected chi connectivity index (χ1v) is 8.51. The number of carbonyl (C=O) groups excluding carboxylic acids is 2. The molecule has 0 unspecified atom stereocenters. The summed E-state index contributed by atoms with van der Waals surface area (Å²) >= 11 is 0. The average Bonchev–Trinajstić information content (AvgIpc) is 3.25. The van der Waals surface area contributed by atoms with Gasteiger partial charge in [0.2, 0.25) is 5.91 Å². The molecule has 0 aliphatic carbocycles. The third kappa shape index (κ3) is 3.71. The number of nitrogens with zero attached hydrogens (tertiary/aromatic N) is 5. The molecule has 2 aliphatic heterocycles. The lowest BCUT2D eigenvalue weighted by molar-refractivity contribution is -0.119. The van der Waals surface area contributed by atoms with E-state index in [0.29, 0.717) is 44.6 Å². The Hall–Kier alpha value is -2.69. The smallest absolute Gasteiger partial charge is 0.358 e. The number of anilines is 1. The van der Waals surface area contributed by atoms with Crippen LogP contribution in [0.2, 0.25) is 0 Å². The topological polar surface area (TPSA) is 89.2 Å². The molecule has 25 heavy (non-hydrogen) atoms. The second-order valence-corrected chi connectivity index (χ2v) is 6.12. The Morgan fingerprint density at radius 1 is 1.36 bits per heavy atom. The van der Waals surface area contributed by atoms with Crippen molar-refractivity contribution in [3.8, 4) is 12.3 Å². The molecule has 0 N–H and O–H groups in total. The van der Waals surface area contributed by atoms with Gasteiger partial charge in [-0.2, -0.15) is 15.3 Å². The lowest BCUT2D eigenvalue weighted by atomic mass is 10.0. The Labute approximate surface area is 146 Å². The maximum atomic E-state index is 12.7. The second kappa shape index (κ2) is 7.05. The van der Waals surface area contributed by atoms with Gasteiger partial charge in [0, 0.05) is 44.8 Å². The summed E-state index contributed by atoms with van der Waals surface area (Å²) in [5.74, 6) is 2.73. The Morgan fingerprint density at radius 2 is 2.16 bits per heavy atom. The molecule has 0 radical (unpaired) electrons. The highest BCUT2D eigenvalue weighted by Gasteiger charge is 2.40. The summed E-state index contributed by atoms with van der Waals surface area (Å²) in [5, 5.41) is 12.4. The zero-order chi connectivity index (χ0) is 17.9. The number of ether oxygens (including phenoxy) is 1. The van der Waals surface area contributed by atoms with Crippen LogP contribution in [-0.2, 0) is 16.1 Å². The van der Waals surface area contributed by atoms with Gasteiger partial charge in [-0.05, 0) is 13.3 Å². The van der Waals surface area contributed by atoms with Gasteiger partial charge < -0.3 is 4.74 Å². The fourth-order valence-corrected chi connectivity index (χ4v) is 2.95. The van der Waals surface area contributed by atoms with Crippen molar-refractivity contribution in [2.24, 2.45) is 10.2 Å². The molecule has 0 atom stereocenters. The molecule has 3 heterocycles. The molecule has 0 bridgehead atoms. The van der Waals surface area contributed by atoms with Gasteiger partial charge in [-0.25, -0.2) is 9.48 Å². The van der Waals surface area contributed by atoms with Gasteiger partial charge in [0.15, 0.2) is 11.4 Å². The first-order chi connectivity index (χ1) is 12.1. The van der Waals surface area contributed by atoms with Gasteiger partial charge in [-0.3, -0.25) is 9.69 Å². The van der Waals surface area contributed by atoms with E-state index >= 15 is 0 Å². The van der Waals surface area contributed by atoms with E-state index in [1.165, 1.54) is 0 Å². The predicted molar refractivity (Wildman–Crippen MR) is 90.0 cm³/mol. The largest absolute Gasteiger partial charge is 0.461 e. The van der Waals surface area contributed by atoms with Gasteiger partial charge in [0.05, 0.1) is 6.61 Å². The molecular formula is C17H21N5O3. The number of terminal acetylenes is 1. The number of carbonyl (C=O) groups is 2. The van der Waals surface area contributed by atoms with Crippen LogP contribution in [0, 0.1) is 12.3 Å². The summed E-state index contributed by atoms with van der Waals surface area (Å²) in [5.41, 5.74) is -0.233. The first kappa shape index (κ1) is 17.1. The van der Waals surface area contributed by atoms with Crippen molar-refractivity contribution >= 4 is 17.7 Å². The van der Waals surface area contributed by atoms with E-state index < -0.39 is 11.6 Å². The van der Waals surface area contributed by atoms with Crippen LogP contribution < -0.4 is 4.90 Å². The van der Waals surface area contributed by atoms with Crippen molar-refractivity contribution in [1.82, 2.24) is 9.78 Å². The second-order valence-electron chi connectivity index (χ2n) is 6.12. The molecule has 0 saturated carbocycles. The molecule has 8 heteroatoms. The molecule has 3 rings (SSSR count). The van der Waals surface area contributed by atoms with Gasteiger partial charge >= 0.3 is 5.97 Å². The zero-order valence-corrected chi connectivity index (χ0v) is 14.3. The molecule has 0 saturated heterocycles. The standard InChI is InChI=1S/C17H21N5O3/c1-3-5-8-17(19-20-17)9-7-15(23)21-10-6-11-22-14(21)12-13(18-22)16(24)25-4-2/h1,12H,4-11H2,2H3. The van der Waals surface area contributed by atoms with Crippen LogP contribution in [0.4, 0.5) is 5.82 Å². The number of aromatic nitrogens is 2. The van der Waals surface area contributed by atoms with Gasteiger partial charge in [0.1, 0.15) is 5.82 Å². The van der Waals surface area contributed by atoms with Crippen LogP contribution in [0.3, 0.4) is 0 Å². The average molecular weight is 343 g/mol. The maximum absolute atomic E-state index is 12.7. The van der Waals surface area contributed by atoms with Crippen molar-refractivity contribution in [3.63, 3.8) is 0 Å². The molecule has 1 aromatic rings. The highest BCUT2D eigenvalue weighted by Crippen LogP contribution is 2.38. The summed E-state index contributed by atoms with van der Waals surface area (Å²) in [7, 11) is 0. The lowest BCUT2D eigenvalue weighted by Crippen LogP contribution is -2.38. The van der Waals surface area contributed by atoms with Crippen molar-refractivity contribution < 1.29 is 14.3 Å². The number of esters is 1. The lowest BCUT2D eigenvalue weighted by Gasteiger charge is -2.27. The summed E-state index contributed by atoms with van der Waals surface area (Å²) in [6.07, 6.45) is 8.24. The van der Waals surface area contributed by atoms with Crippen LogP contribution in [0.1, 0.15) is 49.5 Å². The van der Waals surface area contributed by atoms with E-state index in [1.54, 1.807) is 22.6 Å². The van der Waals surface area contributed by atoms with Crippen LogP contribution in [0.25, 0.3) is 0 Å². The number of fused-ring (bicyclic) bond motifs is 1. The molecule has 132 valence electrons. The minimum absolute atomic E-state index is 0.0198. The van der Waals surface area contributed by atoms with E-state index in [2.05, 4.69) is 21.2 Å². The minimum atomic E-state index is -0.472. The van der Waals surface area contributed by atoms with Crippen LogP contribution in [-0.4, -0.2) is 40.5 Å². The zero-order valence-electron chi connectivity index (χ0n) is 14.3. The Kier molecular flexibility index (Phi) is 4.83. The number of hydrogen-bond donors (Lipinski definition) is 0. The van der Waals surface area contributed by atoms with Crippen molar-refractivity contribution in [2.45, 2.75) is 51.2 Å². The normalized spacial score (nSPS) is 16.9. The predicted octanol–water partition coefficient (Wildman–Crippen LogP) is 2.15. The first-order valence-electron chi connectivity index (χ1n) is 8.51. The third-order valence-corrected chi connectivity index (χ3v) is 4.36. The van der Waals surface area contributed by atoms with Crippen LogP contribution in [0.15, 0.2) is 16.3 Å². The van der Waals surface area contributed by atoms with E-state index in [4.69, 9.17) is 11.2 Å². The highest BCUT2D eigenvalue weighted by atomic mass is 16.5. The quantitative estimate of drug-likeness (QED) is 0.560. The summed E-state index contributed by atoms with van der Waals surface area (Å²) in [4.78, 5) is 26.2. The van der Waals surface area contributed by atoms with E-state index in [-0.39, 0.29) is 18.2 Å². The molecule has 0 spiro atoms. The summed E-state index contributed by atoms with van der Waals surface area (Å²) < 4.78 is 6.67. The monoisotopic (exact) mass is 343 g/mol. The van der Waals surface area contributed by atoms with Crippen molar-refractivity contribution in [3.05, 3.63) is 11.8 Å². The fourth-order valence-electron chi connectivity index (χ4n) is 2.95. The van der Waals surface area contributed by atoms with Crippen molar-refractivity contribution in [2.75, 3.05) is 18.1 Å².